The Bertz CT molecular complexity index is 587. The van der Waals surface area contributed by atoms with Crippen LogP contribution in [0.2, 0.25) is 0 Å². The summed E-state index contributed by atoms with van der Waals surface area (Å²) in [7, 11) is 0. The Labute approximate surface area is 113 Å². The molecule has 0 amide bonds. The van der Waals surface area contributed by atoms with Crippen LogP contribution in [0.15, 0.2) is 71.9 Å². The topological polar surface area (TPSA) is 21.6 Å². The van der Waals surface area contributed by atoms with Crippen LogP contribution in [0.5, 0.6) is 0 Å². The van der Waals surface area contributed by atoms with Gasteiger partial charge in [-0.05, 0) is 17.2 Å². The van der Waals surface area contributed by atoms with Crippen molar-refractivity contribution >= 4 is 11.8 Å². The predicted octanol–water partition coefficient (Wildman–Crippen LogP) is 4.22. The van der Waals surface area contributed by atoms with E-state index in [0.717, 1.165) is 12.1 Å². The van der Waals surface area contributed by atoms with Crippen LogP contribution in [0, 0.1) is 0 Å². The molecule has 0 aliphatic carbocycles. The molecule has 0 spiro atoms. The summed E-state index contributed by atoms with van der Waals surface area (Å²) in [5.41, 5.74) is 3.33. The van der Waals surface area contributed by atoms with Gasteiger partial charge in [0.25, 0.3) is 0 Å². The van der Waals surface area contributed by atoms with E-state index in [0.29, 0.717) is 0 Å². The number of rotatable bonds is 3. The summed E-state index contributed by atoms with van der Waals surface area (Å²) in [4.78, 5) is 5.48. The number of hydrogen-bond acceptors (Lipinski definition) is 2. The van der Waals surface area contributed by atoms with Crippen molar-refractivity contribution in [1.29, 1.82) is 0 Å². The van der Waals surface area contributed by atoms with Gasteiger partial charge >= 0.3 is 0 Å². The first-order chi connectivity index (χ1) is 9.42. The van der Waals surface area contributed by atoms with Crippen LogP contribution >= 0.6 is 0 Å². The van der Waals surface area contributed by atoms with E-state index < -0.39 is 0 Å². The van der Waals surface area contributed by atoms with Gasteiger partial charge in [0.2, 0.25) is 0 Å². The summed E-state index contributed by atoms with van der Waals surface area (Å²) >= 11 is 0. The molecule has 19 heavy (non-hydrogen) atoms. The molecular weight excluding hydrogens is 234 g/mol. The molecule has 1 atom stereocenters. The highest BCUT2D eigenvalue weighted by atomic mass is 16.6. The fourth-order valence-corrected chi connectivity index (χ4v) is 2.10. The summed E-state index contributed by atoms with van der Waals surface area (Å²) in [6.07, 6.45) is 4.97. The van der Waals surface area contributed by atoms with Crippen LogP contribution in [-0.4, -0.2) is 5.71 Å². The Balaban J connectivity index is 1.65. The van der Waals surface area contributed by atoms with E-state index in [2.05, 4.69) is 35.5 Å². The van der Waals surface area contributed by atoms with Crippen molar-refractivity contribution in [2.75, 3.05) is 0 Å². The second kappa shape index (κ2) is 5.53. The maximum atomic E-state index is 5.48. The highest BCUT2D eigenvalue weighted by Gasteiger charge is 2.20. The lowest BCUT2D eigenvalue weighted by molar-refractivity contribution is 0.0857. The predicted molar refractivity (Wildman–Crippen MR) is 77.8 cm³/mol. The van der Waals surface area contributed by atoms with Crippen molar-refractivity contribution in [2.45, 2.75) is 12.5 Å². The average molecular weight is 249 g/mol. The smallest absolute Gasteiger partial charge is 0.158 e. The van der Waals surface area contributed by atoms with Gasteiger partial charge < -0.3 is 4.84 Å². The van der Waals surface area contributed by atoms with Crippen molar-refractivity contribution in [2.24, 2.45) is 5.16 Å². The molecule has 2 aromatic carbocycles. The highest BCUT2D eigenvalue weighted by molar-refractivity contribution is 5.98. The summed E-state index contributed by atoms with van der Waals surface area (Å²) in [6, 6.07) is 20.4. The van der Waals surface area contributed by atoms with Crippen molar-refractivity contribution in [3.05, 3.63) is 77.9 Å². The number of hydrogen-bond donors (Lipinski definition) is 0. The van der Waals surface area contributed by atoms with E-state index in [9.17, 15) is 0 Å². The van der Waals surface area contributed by atoms with Crippen LogP contribution in [0.4, 0.5) is 0 Å². The zero-order chi connectivity index (χ0) is 12.9. The Morgan fingerprint density at radius 3 is 2.32 bits per heavy atom. The minimum Gasteiger partial charge on any atom is -0.387 e. The summed E-state index contributed by atoms with van der Waals surface area (Å²) < 4.78 is 0. The Hall–Kier alpha value is -2.35. The zero-order valence-corrected chi connectivity index (χ0v) is 10.6. The molecule has 2 aromatic rings. The molecule has 2 nitrogen and oxygen atoms in total. The van der Waals surface area contributed by atoms with E-state index in [1.54, 1.807) is 0 Å². The number of benzene rings is 2. The first-order valence-corrected chi connectivity index (χ1v) is 6.42. The second-order valence-electron chi connectivity index (χ2n) is 4.54. The molecule has 94 valence electrons. The fourth-order valence-electron chi connectivity index (χ4n) is 2.10. The third-order valence-electron chi connectivity index (χ3n) is 3.13. The molecule has 0 aromatic heterocycles. The van der Waals surface area contributed by atoms with E-state index >= 15 is 0 Å². The minimum atomic E-state index is 0.0524. The van der Waals surface area contributed by atoms with Crippen LogP contribution in [0.25, 0.3) is 6.08 Å². The Kier molecular flexibility index (Phi) is 3.41. The summed E-state index contributed by atoms with van der Waals surface area (Å²) in [5, 5.41) is 4.14. The van der Waals surface area contributed by atoms with Gasteiger partial charge in [-0.3, -0.25) is 0 Å². The van der Waals surface area contributed by atoms with Crippen LogP contribution in [0.3, 0.4) is 0 Å². The van der Waals surface area contributed by atoms with E-state index in [1.165, 1.54) is 11.1 Å². The second-order valence-corrected chi connectivity index (χ2v) is 4.54. The molecule has 0 bridgehead atoms. The highest BCUT2D eigenvalue weighted by Crippen LogP contribution is 2.27. The van der Waals surface area contributed by atoms with Gasteiger partial charge in [-0.15, -0.1) is 0 Å². The van der Waals surface area contributed by atoms with Crippen molar-refractivity contribution in [1.82, 2.24) is 0 Å². The van der Waals surface area contributed by atoms with E-state index in [-0.39, 0.29) is 6.10 Å². The van der Waals surface area contributed by atoms with Crippen molar-refractivity contribution < 1.29 is 4.84 Å². The van der Waals surface area contributed by atoms with Gasteiger partial charge in [0.15, 0.2) is 6.10 Å². The van der Waals surface area contributed by atoms with Gasteiger partial charge in [0.1, 0.15) is 0 Å². The third kappa shape index (κ3) is 2.91. The van der Waals surface area contributed by atoms with Crippen molar-refractivity contribution in [3.8, 4) is 0 Å². The Morgan fingerprint density at radius 2 is 1.58 bits per heavy atom. The third-order valence-corrected chi connectivity index (χ3v) is 3.13. The largest absolute Gasteiger partial charge is 0.387 e. The molecule has 0 saturated heterocycles. The number of nitrogens with zero attached hydrogens (tertiary/aromatic N) is 1. The lowest BCUT2D eigenvalue weighted by Crippen LogP contribution is -1.97. The molecule has 0 fully saturated rings. The maximum absolute atomic E-state index is 5.48. The maximum Gasteiger partial charge on any atom is 0.158 e. The molecule has 1 aliphatic heterocycles. The summed E-state index contributed by atoms with van der Waals surface area (Å²) in [5.74, 6) is 0. The van der Waals surface area contributed by atoms with Gasteiger partial charge in [0.05, 0.1) is 5.71 Å². The quantitative estimate of drug-likeness (QED) is 0.798. The normalized spacial score (nSPS) is 18.3. The van der Waals surface area contributed by atoms with E-state index in [1.807, 2.05) is 42.5 Å². The molecule has 1 unspecified atom stereocenters. The SMILES string of the molecule is C(=Cc1ccccc1)C1=NOC(c2ccccc2)C1. The molecule has 1 heterocycles. The molecule has 1 aliphatic rings. The van der Waals surface area contributed by atoms with Crippen LogP contribution in [0.1, 0.15) is 23.7 Å². The molecule has 3 rings (SSSR count). The monoisotopic (exact) mass is 249 g/mol. The number of allylic oxidation sites excluding steroid dienone is 1. The van der Waals surface area contributed by atoms with Gasteiger partial charge in [-0.2, -0.15) is 0 Å². The lowest BCUT2D eigenvalue weighted by Gasteiger charge is -2.06. The Morgan fingerprint density at radius 1 is 0.895 bits per heavy atom. The van der Waals surface area contributed by atoms with E-state index in [4.69, 9.17) is 4.84 Å². The van der Waals surface area contributed by atoms with Gasteiger partial charge in [-0.1, -0.05) is 71.9 Å². The lowest BCUT2D eigenvalue weighted by atomic mass is 10.0. The first kappa shape index (κ1) is 11.7. The molecule has 0 radical (unpaired) electrons. The zero-order valence-electron chi connectivity index (χ0n) is 10.6. The number of oxime groups is 1. The molecule has 2 heteroatoms. The molecule has 0 saturated carbocycles. The van der Waals surface area contributed by atoms with Crippen LogP contribution in [-0.2, 0) is 4.84 Å². The average Bonchev–Trinajstić information content (AvgIpc) is 2.96. The summed E-state index contributed by atoms with van der Waals surface area (Å²) in [6.45, 7) is 0. The van der Waals surface area contributed by atoms with Crippen molar-refractivity contribution in [3.63, 3.8) is 0 Å². The van der Waals surface area contributed by atoms with Gasteiger partial charge in [-0.25, -0.2) is 0 Å². The minimum absolute atomic E-state index is 0.0524. The fraction of sp³-hybridized carbons (Fsp3) is 0.118. The standard InChI is InChI=1S/C17H15NO/c1-3-7-14(8-4-1)11-12-16-13-17(19-18-16)15-9-5-2-6-10-15/h1-12,17H,13H2. The molecular formula is C17H15NO. The van der Waals surface area contributed by atoms with Crippen LogP contribution < -0.4 is 0 Å². The first-order valence-electron chi connectivity index (χ1n) is 6.42. The molecule has 0 N–H and O–H groups in total. The van der Waals surface area contributed by atoms with Gasteiger partial charge in [0, 0.05) is 6.42 Å².